The van der Waals surface area contributed by atoms with Crippen LogP contribution >= 0.6 is 0 Å². The molecule has 0 saturated carbocycles. The number of nitrogens with zero attached hydrogens (tertiary/aromatic N) is 1. The monoisotopic (exact) mass is 517 g/mol. The maximum atomic E-state index is 13.5. The Bertz CT molecular complexity index is 1380. The smallest absolute Gasteiger partial charge is 0.300 e. The zero-order valence-corrected chi connectivity index (χ0v) is 22.3. The standard InChI is InChI=1S/C30H31NO7/c1-7-38-22-13-10-19(14-18(22)3)27(32)25-26(20-15-23(35-4)29(37-6)24(16-20)36-5)31(30(34)28(25)33)21-11-8-17(2)9-12-21/h8-16,26,32H,7H2,1-6H3/b27-25+. The third-order valence-corrected chi connectivity index (χ3v) is 6.51. The lowest BCUT2D eigenvalue weighted by atomic mass is 9.94. The molecule has 3 aromatic carbocycles. The van der Waals surface area contributed by atoms with E-state index in [4.69, 9.17) is 18.9 Å². The molecule has 0 aliphatic carbocycles. The fourth-order valence-electron chi connectivity index (χ4n) is 4.65. The van der Waals surface area contributed by atoms with E-state index in [1.54, 1.807) is 42.5 Å². The van der Waals surface area contributed by atoms with E-state index in [1.165, 1.54) is 26.2 Å². The molecule has 0 radical (unpaired) electrons. The summed E-state index contributed by atoms with van der Waals surface area (Å²) in [4.78, 5) is 28.4. The summed E-state index contributed by atoms with van der Waals surface area (Å²) in [6.45, 7) is 6.17. The molecule has 1 heterocycles. The van der Waals surface area contributed by atoms with Crippen molar-refractivity contribution in [1.82, 2.24) is 0 Å². The Morgan fingerprint density at radius 1 is 0.868 bits per heavy atom. The number of carbonyl (C=O) groups excluding carboxylic acids is 2. The van der Waals surface area contributed by atoms with E-state index in [-0.39, 0.29) is 11.3 Å². The summed E-state index contributed by atoms with van der Waals surface area (Å²) < 4.78 is 22.1. The van der Waals surface area contributed by atoms with Gasteiger partial charge in [-0.15, -0.1) is 0 Å². The first-order valence-corrected chi connectivity index (χ1v) is 12.2. The van der Waals surface area contributed by atoms with Gasteiger partial charge in [-0.25, -0.2) is 0 Å². The average Bonchev–Trinajstić information content (AvgIpc) is 3.19. The molecule has 38 heavy (non-hydrogen) atoms. The molecule has 1 atom stereocenters. The molecule has 3 aromatic rings. The molecular weight excluding hydrogens is 486 g/mol. The molecule has 1 saturated heterocycles. The minimum atomic E-state index is -0.960. The maximum Gasteiger partial charge on any atom is 0.300 e. The first kappa shape index (κ1) is 26.6. The molecule has 198 valence electrons. The molecule has 4 rings (SSSR count). The van der Waals surface area contributed by atoms with Crippen molar-refractivity contribution >= 4 is 23.1 Å². The van der Waals surface area contributed by atoms with Crippen LogP contribution in [0.3, 0.4) is 0 Å². The van der Waals surface area contributed by atoms with Crippen LogP contribution in [-0.4, -0.2) is 44.7 Å². The van der Waals surface area contributed by atoms with Crippen LogP contribution in [0, 0.1) is 13.8 Å². The van der Waals surface area contributed by atoms with Crippen LogP contribution in [0.25, 0.3) is 5.76 Å². The number of Topliss-reactive ketones (excluding diaryl/α,β-unsaturated/α-hetero) is 1. The Labute approximate surface area is 222 Å². The normalized spacial score (nSPS) is 16.5. The Kier molecular flexibility index (Phi) is 7.62. The van der Waals surface area contributed by atoms with E-state index in [0.29, 0.717) is 46.4 Å². The molecule has 0 spiro atoms. The van der Waals surface area contributed by atoms with Gasteiger partial charge in [-0.2, -0.15) is 0 Å². The molecule has 0 aromatic heterocycles. The highest BCUT2D eigenvalue weighted by molar-refractivity contribution is 6.51. The number of aliphatic hydroxyl groups is 1. The fraction of sp³-hybridized carbons (Fsp3) is 0.267. The minimum absolute atomic E-state index is 0.0478. The van der Waals surface area contributed by atoms with Crippen molar-refractivity contribution in [2.45, 2.75) is 26.8 Å². The van der Waals surface area contributed by atoms with Gasteiger partial charge in [0.05, 0.1) is 39.6 Å². The number of aryl methyl sites for hydroxylation is 2. The zero-order chi connectivity index (χ0) is 27.6. The highest BCUT2D eigenvalue weighted by Crippen LogP contribution is 2.47. The quantitative estimate of drug-likeness (QED) is 0.244. The molecule has 8 nitrogen and oxygen atoms in total. The van der Waals surface area contributed by atoms with Gasteiger partial charge in [0, 0.05) is 11.3 Å². The number of carbonyl (C=O) groups is 2. The Hall–Kier alpha value is -4.46. The topological polar surface area (TPSA) is 94.5 Å². The van der Waals surface area contributed by atoms with Crippen molar-refractivity contribution in [3.05, 3.63) is 82.4 Å². The van der Waals surface area contributed by atoms with Gasteiger partial charge in [0.15, 0.2) is 11.5 Å². The fourth-order valence-corrected chi connectivity index (χ4v) is 4.65. The number of methoxy groups -OCH3 is 3. The van der Waals surface area contributed by atoms with Crippen molar-refractivity contribution in [2.75, 3.05) is 32.8 Å². The number of rotatable bonds is 8. The molecule has 1 unspecified atom stereocenters. The van der Waals surface area contributed by atoms with Gasteiger partial charge >= 0.3 is 0 Å². The Morgan fingerprint density at radius 3 is 2.03 bits per heavy atom. The van der Waals surface area contributed by atoms with Crippen molar-refractivity contribution in [3.63, 3.8) is 0 Å². The third-order valence-electron chi connectivity index (χ3n) is 6.51. The van der Waals surface area contributed by atoms with Crippen LogP contribution in [0.5, 0.6) is 23.0 Å². The lowest BCUT2D eigenvalue weighted by molar-refractivity contribution is -0.132. The SMILES string of the molecule is CCOc1ccc(/C(O)=C2\C(=O)C(=O)N(c3ccc(C)cc3)C2c2cc(OC)c(OC)c(OC)c2)cc1C. The number of benzene rings is 3. The van der Waals surface area contributed by atoms with E-state index in [9.17, 15) is 14.7 Å². The van der Waals surface area contributed by atoms with Crippen LogP contribution < -0.4 is 23.8 Å². The lowest BCUT2D eigenvalue weighted by Crippen LogP contribution is -2.29. The second-order valence-electron chi connectivity index (χ2n) is 8.88. The van der Waals surface area contributed by atoms with Crippen LogP contribution in [-0.2, 0) is 9.59 Å². The van der Waals surface area contributed by atoms with E-state index in [1.807, 2.05) is 32.9 Å². The minimum Gasteiger partial charge on any atom is -0.507 e. The van der Waals surface area contributed by atoms with Crippen LogP contribution in [0.2, 0.25) is 0 Å². The molecule has 1 aliphatic rings. The summed E-state index contributed by atoms with van der Waals surface area (Å²) in [7, 11) is 4.47. The van der Waals surface area contributed by atoms with Crippen LogP contribution in [0.4, 0.5) is 5.69 Å². The van der Waals surface area contributed by atoms with E-state index in [2.05, 4.69) is 0 Å². The molecule has 1 fully saturated rings. The predicted molar refractivity (Wildman–Crippen MR) is 144 cm³/mol. The summed E-state index contributed by atoms with van der Waals surface area (Å²) in [5.41, 5.74) is 3.15. The summed E-state index contributed by atoms with van der Waals surface area (Å²) in [5.74, 6) is -0.0898. The molecular formula is C30H31NO7. The van der Waals surface area contributed by atoms with E-state index in [0.717, 1.165) is 11.1 Å². The third kappa shape index (κ3) is 4.65. The van der Waals surface area contributed by atoms with Crippen molar-refractivity contribution in [1.29, 1.82) is 0 Å². The van der Waals surface area contributed by atoms with Gasteiger partial charge in [0.1, 0.15) is 11.5 Å². The van der Waals surface area contributed by atoms with Crippen molar-refractivity contribution in [3.8, 4) is 23.0 Å². The maximum absolute atomic E-state index is 13.5. The van der Waals surface area contributed by atoms with Crippen molar-refractivity contribution < 1.29 is 33.6 Å². The number of hydrogen-bond acceptors (Lipinski definition) is 7. The average molecular weight is 518 g/mol. The number of amides is 1. The highest BCUT2D eigenvalue weighted by Gasteiger charge is 2.47. The van der Waals surface area contributed by atoms with Gasteiger partial charge in [-0.05, 0) is 74.4 Å². The Morgan fingerprint density at radius 2 is 1.50 bits per heavy atom. The lowest BCUT2D eigenvalue weighted by Gasteiger charge is -2.26. The first-order chi connectivity index (χ1) is 18.2. The number of anilines is 1. The second-order valence-corrected chi connectivity index (χ2v) is 8.88. The molecule has 1 aliphatic heterocycles. The summed E-state index contributed by atoms with van der Waals surface area (Å²) in [6, 6.07) is 14.8. The van der Waals surface area contributed by atoms with Gasteiger partial charge in [-0.3, -0.25) is 14.5 Å². The van der Waals surface area contributed by atoms with Crippen molar-refractivity contribution in [2.24, 2.45) is 0 Å². The van der Waals surface area contributed by atoms with E-state index >= 15 is 0 Å². The second kappa shape index (κ2) is 10.9. The first-order valence-electron chi connectivity index (χ1n) is 12.2. The molecule has 8 heteroatoms. The number of hydrogen-bond donors (Lipinski definition) is 1. The molecule has 0 bridgehead atoms. The highest BCUT2D eigenvalue weighted by atomic mass is 16.5. The van der Waals surface area contributed by atoms with Crippen LogP contribution in [0.1, 0.15) is 35.2 Å². The van der Waals surface area contributed by atoms with E-state index < -0.39 is 17.7 Å². The molecule has 1 N–H and O–H groups in total. The number of ether oxygens (including phenoxy) is 4. The largest absolute Gasteiger partial charge is 0.507 e. The predicted octanol–water partition coefficient (Wildman–Crippen LogP) is 5.35. The Balaban J connectivity index is 1.99. The summed E-state index contributed by atoms with van der Waals surface area (Å²) >= 11 is 0. The number of aliphatic hydroxyl groups excluding tert-OH is 1. The van der Waals surface area contributed by atoms with Gasteiger partial charge in [0.25, 0.3) is 11.7 Å². The summed E-state index contributed by atoms with van der Waals surface area (Å²) in [6.07, 6.45) is 0. The summed E-state index contributed by atoms with van der Waals surface area (Å²) in [5, 5.41) is 11.5. The molecule has 1 amide bonds. The van der Waals surface area contributed by atoms with Gasteiger partial charge in [-0.1, -0.05) is 17.7 Å². The van der Waals surface area contributed by atoms with Gasteiger partial charge in [0.2, 0.25) is 5.75 Å². The van der Waals surface area contributed by atoms with Gasteiger partial charge < -0.3 is 24.1 Å². The zero-order valence-electron chi connectivity index (χ0n) is 22.3. The number of ketones is 1. The van der Waals surface area contributed by atoms with Crippen LogP contribution in [0.15, 0.2) is 60.2 Å².